The SMILES string of the molecule is Nc1cncc(NCCC2CC2)c1. The topological polar surface area (TPSA) is 50.9 Å². The number of pyridine rings is 1. The van der Waals surface area contributed by atoms with Crippen molar-refractivity contribution in [2.24, 2.45) is 5.92 Å². The highest BCUT2D eigenvalue weighted by Gasteiger charge is 2.19. The first kappa shape index (κ1) is 8.35. The van der Waals surface area contributed by atoms with Gasteiger partial charge in [-0.3, -0.25) is 4.98 Å². The van der Waals surface area contributed by atoms with Gasteiger partial charge in [0.25, 0.3) is 0 Å². The van der Waals surface area contributed by atoms with Gasteiger partial charge in [-0.2, -0.15) is 0 Å². The number of nitrogens with zero attached hydrogens (tertiary/aromatic N) is 1. The maximum Gasteiger partial charge on any atom is 0.0547 e. The number of hydrogen-bond acceptors (Lipinski definition) is 3. The molecule has 1 aliphatic carbocycles. The van der Waals surface area contributed by atoms with Crippen LogP contribution in [0.3, 0.4) is 0 Å². The van der Waals surface area contributed by atoms with Crippen molar-refractivity contribution in [3.8, 4) is 0 Å². The van der Waals surface area contributed by atoms with Crippen LogP contribution in [0, 0.1) is 5.92 Å². The first-order valence-electron chi connectivity index (χ1n) is 4.79. The third-order valence-corrected chi connectivity index (χ3v) is 2.34. The molecule has 0 aromatic carbocycles. The molecule has 1 fully saturated rings. The van der Waals surface area contributed by atoms with Crippen molar-refractivity contribution in [1.82, 2.24) is 4.98 Å². The molecule has 1 aromatic heterocycles. The van der Waals surface area contributed by atoms with Gasteiger partial charge in [-0.05, 0) is 18.4 Å². The molecule has 3 nitrogen and oxygen atoms in total. The molecule has 3 heteroatoms. The van der Waals surface area contributed by atoms with Crippen molar-refractivity contribution < 1.29 is 0 Å². The van der Waals surface area contributed by atoms with Crippen LogP contribution in [0.4, 0.5) is 11.4 Å². The maximum atomic E-state index is 5.60. The van der Waals surface area contributed by atoms with Gasteiger partial charge in [-0.15, -0.1) is 0 Å². The summed E-state index contributed by atoms with van der Waals surface area (Å²) in [5.74, 6) is 0.974. The highest BCUT2D eigenvalue weighted by Crippen LogP contribution is 2.32. The van der Waals surface area contributed by atoms with Gasteiger partial charge in [-0.1, -0.05) is 12.8 Å². The van der Waals surface area contributed by atoms with Gasteiger partial charge in [0.15, 0.2) is 0 Å². The molecule has 0 amide bonds. The second-order valence-corrected chi connectivity index (χ2v) is 3.67. The van der Waals surface area contributed by atoms with Gasteiger partial charge in [0.05, 0.1) is 17.6 Å². The van der Waals surface area contributed by atoms with Crippen molar-refractivity contribution in [3.63, 3.8) is 0 Å². The van der Waals surface area contributed by atoms with Gasteiger partial charge < -0.3 is 11.1 Å². The van der Waals surface area contributed by atoms with Crippen LogP contribution in [0.25, 0.3) is 0 Å². The summed E-state index contributed by atoms with van der Waals surface area (Å²) in [6, 6.07) is 1.92. The number of nitrogens with one attached hydrogen (secondary N) is 1. The van der Waals surface area contributed by atoms with E-state index in [1.807, 2.05) is 12.3 Å². The Morgan fingerprint density at radius 3 is 3.00 bits per heavy atom. The van der Waals surface area contributed by atoms with Gasteiger partial charge in [-0.25, -0.2) is 0 Å². The molecular formula is C10H15N3. The fourth-order valence-corrected chi connectivity index (χ4v) is 1.38. The minimum absolute atomic E-state index is 0.719. The van der Waals surface area contributed by atoms with E-state index in [0.717, 1.165) is 23.8 Å². The molecule has 2 rings (SSSR count). The molecule has 0 unspecified atom stereocenters. The van der Waals surface area contributed by atoms with E-state index in [4.69, 9.17) is 5.73 Å². The summed E-state index contributed by atoms with van der Waals surface area (Å²) in [5.41, 5.74) is 7.35. The van der Waals surface area contributed by atoms with Gasteiger partial charge in [0.2, 0.25) is 0 Å². The molecular weight excluding hydrogens is 162 g/mol. The van der Waals surface area contributed by atoms with Crippen LogP contribution in [-0.4, -0.2) is 11.5 Å². The summed E-state index contributed by atoms with van der Waals surface area (Å²) in [6.07, 6.45) is 7.57. The van der Waals surface area contributed by atoms with E-state index in [9.17, 15) is 0 Å². The predicted molar refractivity (Wildman–Crippen MR) is 54.5 cm³/mol. The normalized spacial score (nSPS) is 15.7. The van der Waals surface area contributed by atoms with E-state index in [1.54, 1.807) is 6.20 Å². The second kappa shape index (κ2) is 3.64. The van der Waals surface area contributed by atoms with E-state index >= 15 is 0 Å². The summed E-state index contributed by atoms with van der Waals surface area (Å²) < 4.78 is 0. The number of nitrogen functional groups attached to an aromatic ring is 1. The Balaban J connectivity index is 1.79. The summed E-state index contributed by atoms with van der Waals surface area (Å²) in [6.45, 7) is 1.04. The molecule has 3 N–H and O–H groups in total. The summed E-state index contributed by atoms with van der Waals surface area (Å²) >= 11 is 0. The molecule has 1 aromatic rings. The third-order valence-electron chi connectivity index (χ3n) is 2.34. The van der Waals surface area contributed by atoms with Gasteiger partial charge in [0, 0.05) is 12.7 Å². The maximum absolute atomic E-state index is 5.60. The summed E-state index contributed by atoms with van der Waals surface area (Å²) in [7, 11) is 0. The molecule has 0 atom stereocenters. The van der Waals surface area contributed by atoms with Crippen molar-refractivity contribution in [2.45, 2.75) is 19.3 Å². The first-order chi connectivity index (χ1) is 6.34. The van der Waals surface area contributed by atoms with E-state index < -0.39 is 0 Å². The molecule has 0 bridgehead atoms. The first-order valence-corrected chi connectivity index (χ1v) is 4.79. The number of anilines is 2. The fourth-order valence-electron chi connectivity index (χ4n) is 1.38. The number of nitrogens with two attached hydrogens (primary N) is 1. The second-order valence-electron chi connectivity index (χ2n) is 3.67. The average molecular weight is 177 g/mol. The molecule has 1 saturated carbocycles. The molecule has 13 heavy (non-hydrogen) atoms. The number of aromatic nitrogens is 1. The van der Waals surface area contributed by atoms with Crippen LogP contribution in [0.2, 0.25) is 0 Å². The number of hydrogen-bond donors (Lipinski definition) is 2. The Bertz CT molecular complexity index is 281. The highest BCUT2D eigenvalue weighted by molar-refractivity contribution is 5.51. The van der Waals surface area contributed by atoms with E-state index in [-0.39, 0.29) is 0 Å². The van der Waals surface area contributed by atoms with Crippen LogP contribution in [0.15, 0.2) is 18.5 Å². The van der Waals surface area contributed by atoms with E-state index in [2.05, 4.69) is 10.3 Å². The van der Waals surface area contributed by atoms with Crippen LogP contribution in [-0.2, 0) is 0 Å². The zero-order valence-corrected chi connectivity index (χ0v) is 7.66. The van der Waals surface area contributed by atoms with Crippen LogP contribution in [0.5, 0.6) is 0 Å². The summed E-state index contributed by atoms with van der Waals surface area (Å²) in [4.78, 5) is 4.01. The molecule has 0 spiro atoms. The van der Waals surface area contributed by atoms with Crippen LogP contribution < -0.4 is 11.1 Å². The van der Waals surface area contributed by atoms with Crippen molar-refractivity contribution in [1.29, 1.82) is 0 Å². The molecule has 1 heterocycles. The minimum Gasteiger partial charge on any atom is -0.397 e. The zero-order chi connectivity index (χ0) is 9.10. The zero-order valence-electron chi connectivity index (χ0n) is 7.66. The molecule has 0 saturated heterocycles. The Labute approximate surface area is 78.4 Å². The van der Waals surface area contributed by atoms with Gasteiger partial charge >= 0.3 is 0 Å². The highest BCUT2D eigenvalue weighted by atomic mass is 14.9. The minimum atomic E-state index is 0.719. The molecule has 0 aliphatic heterocycles. The van der Waals surface area contributed by atoms with Crippen molar-refractivity contribution in [3.05, 3.63) is 18.5 Å². The predicted octanol–water partition coefficient (Wildman–Crippen LogP) is 1.88. The van der Waals surface area contributed by atoms with Crippen molar-refractivity contribution >= 4 is 11.4 Å². The standard InChI is InChI=1S/C10H15N3/c11-9-5-10(7-12-6-9)13-4-3-8-1-2-8/h5-8,13H,1-4,11H2. The van der Waals surface area contributed by atoms with Gasteiger partial charge in [0.1, 0.15) is 0 Å². The van der Waals surface area contributed by atoms with E-state index in [1.165, 1.54) is 19.3 Å². The fraction of sp³-hybridized carbons (Fsp3) is 0.500. The lowest BCUT2D eigenvalue weighted by Crippen LogP contribution is -2.02. The Hall–Kier alpha value is -1.25. The molecule has 0 radical (unpaired) electrons. The monoisotopic (exact) mass is 177 g/mol. The molecule has 70 valence electrons. The number of rotatable bonds is 4. The summed E-state index contributed by atoms with van der Waals surface area (Å²) in [5, 5.41) is 3.31. The lowest BCUT2D eigenvalue weighted by molar-refractivity contribution is 0.760. The Morgan fingerprint density at radius 2 is 2.31 bits per heavy atom. The molecule has 1 aliphatic rings. The van der Waals surface area contributed by atoms with Crippen molar-refractivity contribution in [2.75, 3.05) is 17.6 Å². The van der Waals surface area contributed by atoms with Crippen LogP contribution in [0.1, 0.15) is 19.3 Å². The largest absolute Gasteiger partial charge is 0.397 e. The average Bonchev–Trinajstić information content (AvgIpc) is 2.88. The smallest absolute Gasteiger partial charge is 0.0547 e. The van der Waals surface area contributed by atoms with Crippen LogP contribution >= 0.6 is 0 Å². The quantitative estimate of drug-likeness (QED) is 0.738. The van der Waals surface area contributed by atoms with E-state index in [0.29, 0.717) is 0 Å². The lowest BCUT2D eigenvalue weighted by atomic mass is 10.3. The Morgan fingerprint density at radius 1 is 1.46 bits per heavy atom. The Kier molecular flexibility index (Phi) is 2.34. The lowest BCUT2D eigenvalue weighted by Gasteiger charge is -2.05. The third kappa shape index (κ3) is 2.61.